The third-order valence-electron chi connectivity index (χ3n) is 2.92. The van der Waals surface area contributed by atoms with E-state index in [9.17, 15) is 17.6 Å². The largest absolute Gasteiger partial charge is 0.349 e. The second-order valence-corrected chi connectivity index (χ2v) is 6.98. The third-order valence-corrected chi connectivity index (χ3v) is 4.26. The van der Waals surface area contributed by atoms with Crippen molar-refractivity contribution in [3.63, 3.8) is 0 Å². The molecule has 0 spiro atoms. The topological polar surface area (TPSA) is 63.2 Å². The van der Waals surface area contributed by atoms with E-state index < -0.39 is 25.7 Å². The lowest BCUT2D eigenvalue weighted by atomic mass is 10.1. The van der Waals surface area contributed by atoms with Gasteiger partial charge in [0.1, 0.15) is 10.7 Å². The number of carbonyl (C=O) groups excluding carboxylic acids is 1. The van der Waals surface area contributed by atoms with Crippen LogP contribution in [-0.2, 0) is 9.05 Å². The van der Waals surface area contributed by atoms with Crippen LogP contribution in [0.25, 0.3) is 0 Å². The van der Waals surface area contributed by atoms with Crippen LogP contribution in [0.4, 0.5) is 4.39 Å². The van der Waals surface area contributed by atoms with Crippen LogP contribution >= 0.6 is 10.7 Å². The van der Waals surface area contributed by atoms with Crippen LogP contribution in [0.5, 0.6) is 0 Å². The molecule has 1 amide bonds. The number of rotatable bonds is 6. The second kappa shape index (κ2) is 7.04. The molecule has 1 atom stereocenters. The Balaban J connectivity index is 3.00. The maximum absolute atomic E-state index is 13.4. The van der Waals surface area contributed by atoms with E-state index in [0.29, 0.717) is 0 Å². The molecule has 0 saturated heterocycles. The van der Waals surface area contributed by atoms with Gasteiger partial charge in [-0.1, -0.05) is 20.3 Å². The third kappa shape index (κ3) is 4.45. The van der Waals surface area contributed by atoms with Crippen molar-refractivity contribution in [2.45, 2.75) is 44.0 Å². The molecule has 7 heteroatoms. The lowest BCUT2D eigenvalue weighted by Gasteiger charge is -2.16. The predicted octanol–water partition coefficient (Wildman–Crippen LogP) is 3.06. The van der Waals surface area contributed by atoms with E-state index in [4.69, 9.17) is 10.7 Å². The van der Waals surface area contributed by atoms with Crippen LogP contribution in [0, 0.1) is 5.82 Å². The van der Waals surface area contributed by atoms with Gasteiger partial charge in [0, 0.05) is 22.3 Å². The predicted molar refractivity (Wildman–Crippen MR) is 75.9 cm³/mol. The smallest absolute Gasteiger partial charge is 0.264 e. The van der Waals surface area contributed by atoms with Gasteiger partial charge in [0.25, 0.3) is 15.0 Å². The molecule has 112 valence electrons. The van der Waals surface area contributed by atoms with Gasteiger partial charge in [0.15, 0.2) is 0 Å². The molecule has 20 heavy (non-hydrogen) atoms. The van der Waals surface area contributed by atoms with E-state index >= 15 is 0 Å². The molecule has 1 rings (SSSR count). The van der Waals surface area contributed by atoms with E-state index in [1.165, 1.54) is 6.07 Å². The normalized spacial score (nSPS) is 13.0. The summed E-state index contributed by atoms with van der Waals surface area (Å²) in [5, 5.41) is 2.78. The Morgan fingerprint density at radius 1 is 1.40 bits per heavy atom. The monoisotopic (exact) mass is 321 g/mol. The molecule has 0 aromatic heterocycles. The standard InChI is InChI=1S/C13H17ClFNO3S/c1-3-5-10(4-2)16-13(17)9-6-7-11(15)12(8-9)20(14,18)19/h6-8,10H,3-5H2,1-2H3,(H,16,17). The number of benzene rings is 1. The molecule has 1 unspecified atom stereocenters. The van der Waals surface area contributed by atoms with Crippen molar-refractivity contribution >= 4 is 25.6 Å². The maximum Gasteiger partial charge on any atom is 0.264 e. The summed E-state index contributed by atoms with van der Waals surface area (Å²) in [6, 6.07) is 3.11. The molecule has 0 aliphatic heterocycles. The Bertz CT molecular complexity index is 589. The van der Waals surface area contributed by atoms with Crippen molar-refractivity contribution in [2.75, 3.05) is 0 Å². The van der Waals surface area contributed by atoms with E-state index in [1.807, 2.05) is 13.8 Å². The van der Waals surface area contributed by atoms with Crippen molar-refractivity contribution in [1.82, 2.24) is 5.32 Å². The quantitative estimate of drug-likeness (QED) is 0.819. The lowest BCUT2D eigenvalue weighted by molar-refractivity contribution is 0.0933. The first-order valence-corrected chi connectivity index (χ1v) is 8.65. The first-order valence-electron chi connectivity index (χ1n) is 6.34. The zero-order valence-electron chi connectivity index (χ0n) is 11.3. The van der Waals surface area contributed by atoms with Crippen molar-refractivity contribution in [2.24, 2.45) is 0 Å². The van der Waals surface area contributed by atoms with Crippen molar-refractivity contribution in [3.8, 4) is 0 Å². The van der Waals surface area contributed by atoms with Crippen LogP contribution in [0.3, 0.4) is 0 Å². The van der Waals surface area contributed by atoms with Crippen molar-refractivity contribution in [3.05, 3.63) is 29.6 Å². The summed E-state index contributed by atoms with van der Waals surface area (Å²) < 4.78 is 35.8. The van der Waals surface area contributed by atoms with Crippen LogP contribution in [0.2, 0.25) is 0 Å². The molecule has 0 aliphatic rings. The van der Waals surface area contributed by atoms with Crippen LogP contribution in [0.1, 0.15) is 43.5 Å². The molecule has 0 bridgehead atoms. The summed E-state index contributed by atoms with van der Waals surface area (Å²) in [6.45, 7) is 3.95. The number of halogens is 2. The lowest BCUT2D eigenvalue weighted by Crippen LogP contribution is -2.34. The SMILES string of the molecule is CCCC(CC)NC(=O)c1ccc(F)c(S(=O)(=O)Cl)c1. The fraction of sp³-hybridized carbons (Fsp3) is 0.462. The molecule has 1 aromatic rings. The summed E-state index contributed by atoms with van der Waals surface area (Å²) >= 11 is 0. The molecule has 0 saturated carbocycles. The van der Waals surface area contributed by atoms with E-state index in [0.717, 1.165) is 31.4 Å². The Hall–Kier alpha value is -1.14. The van der Waals surface area contributed by atoms with Crippen LogP contribution in [0.15, 0.2) is 23.1 Å². The highest BCUT2D eigenvalue weighted by molar-refractivity contribution is 8.13. The summed E-state index contributed by atoms with van der Waals surface area (Å²) in [6.07, 6.45) is 2.51. The average molecular weight is 322 g/mol. The Labute approximate surface area is 122 Å². The molecule has 0 heterocycles. The summed E-state index contributed by atoms with van der Waals surface area (Å²) in [4.78, 5) is 11.3. The zero-order chi connectivity index (χ0) is 15.3. The molecule has 4 nitrogen and oxygen atoms in total. The van der Waals surface area contributed by atoms with Gasteiger partial charge in [0.05, 0.1) is 0 Å². The van der Waals surface area contributed by atoms with Gasteiger partial charge in [-0.2, -0.15) is 0 Å². The van der Waals surface area contributed by atoms with E-state index in [1.54, 1.807) is 0 Å². The van der Waals surface area contributed by atoms with E-state index in [-0.39, 0.29) is 11.6 Å². The van der Waals surface area contributed by atoms with Gasteiger partial charge in [-0.15, -0.1) is 0 Å². The van der Waals surface area contributed by atoms with E-state index in [2.05, 4.69) is 5.32 Å². The van der Waals surface area contributed by atoms with Gasteiger partial charge in [-0.25, -0.2) is 12.8 Å². The molecule has 0 aliphatic carbocycles. The van der Waals surface area contributed by atoms with Crippen molar-refractivity contribution in [1.29, 1.82) is 0 Å². The molecule has 0 fully saturated rings. The number of hydrogen-bond donors (Lipinski definition) is 1. The minimum absolute atomic E-state index is 0.00797. The van der Waals surface area contributed by atoms with Crippen molar-refractivity contribution < 1.29 is 17.6 Å². The molecule has 0 radical (unpaired) electrons. The zero-order valence-corrected chi connectivity index (χ0v) is 12.9. The fourth-order valence-corrected chi connectivity index (χ4v) is 2.75. The van der Waals surface area contributed by atoms with Gasteiger partial charge in [-0.3, -0.25) is 4.79 Å². The van der Waals surface area contributed by atoms with Crippen LogP contribution < -0.4 is 5.32 Å². The number of hydrogen-bond acceptors (Lipinski definition) is 3. The fourth-order valence-electron chi connectivity index (χ4n) is 1.83. The van der Waals surface area contributed by atoms with Gasteiger partial charge in [-0.05, 0) is 31.0 Å². The summed E-state index contributed by atoms with van der Waals surface area (Å²) in [5.74, 6) is -1.41. The second-order valence-electron chi connectivity index (χ2n) is 4.45. The first kappa shape index (κ1) is 16.9. The van der Waals surface area contributed by atoms with Crippen LogP contribution in [-0.4, -0.2) is 20.4 Å². The highest BCUT2D eigenvalue weighted by atomic mass is 35.7. The Morgan fingerprint density at radius 2 is 2.05 bits per heavy atom. The Kier molecular flexibility index (Phi) is 5.95. The molecular formula is C13H17ClFNO3S. The van der Waals surface area contributed by atoms with Gasteiger partial charge >= 0.3 is 0 Å². The Morgan fingerprint density at radius 3 is 2.55 bits per heavy atom. The highest BCUT2D eigenvalue weighted by Gasteiger charge is 2.19. The molecule has 1 aromatic carbocycles. The first-order chi connectivity index (χ1) is 9.29. The molecule has 1 N–H and O–H groups in total. The minimum atomic E-state index is -4.22. The summed E-state index contributed by atoms with van der Waals surface area (Å²) in [7, 11) is 0.907. The highest BCUT2D eigenvalue weighted by Crippen LogP contribution is 2.20. The average Bonchev–Trinajstić information content (AvgIpc) is 2.37. The minimum Gasteiger partial charge on any atom is -0.349 e. The summed E-state index contributed by atoms with van der Waals surface area (Å²) in [5.41, 5.74) is 0.0696. The number of amides is 1. The van der Waals surface area contributed by atoms with Gasteiger partial charge < -0.3 is 5.32 Å². The number of carbonyl (C=O) groups is 1. The molecular weight excluding hydrogens is 305 g/mol. The maximum atomic E-state index is 13.4. The van der Waals surface area contributed by atoms with Gasteiger partial charge in [0.2, 0.25) is 0 Å². The number of nitrogens with one attached hydrogen (secondary N) is 1.